The van der Waals surface area contributed by atoms with Crippen LogP contribution in [-0.4, -0.2) is 13.4 Å². The molecular formula is C12H12N2O3S. The first-order chi connectivity index (χ1) is 8.49. The van der Waals surface area contributed by atoms with E-state index in [0.29, 0.717) is 0 Å². The molecule has 0 fully saturated rings. The zero-order valence-electron chi connectivity index (χ0n) is 9.67. The van der Waals surface area contributed by atoms with E-state index in [-0.39, 0.29) is 10.6 Å². The number of aromatic amines is 1. The quantitative estimate of drug-likeness (QED) is 0.881. The molecule has 1 heterocycles. The van der Waals surface area contributed by atoms with Crippen LogP contribution < -0.4 is 10.3 Å². The summed E-state index contributed by atoms with van der Waals surface area (Å²) in [6, 6.07) is 9.43. The maximum Gasteiger partial charge on any atom is 0.272 e. The molecule has 0 spiro atoms. The van der Waals surface area contributed by atoms with Gasteiger partial charge in [-0.1, -0.05) is 12.1 Å². The van der Waals surface area contributed by atoms with Crippen LogP contribution in [0.5, 0.6) is 0 Å². The van der Waals surface area contributed by atoms with Gasteiger partial charge in [0, 0.05) is 6.20 Å². The minimum atomic E-state index is -3.73. The van der Waals surface area contributed by atoms with Gasteiger partial charge in [-0.15, -0.1) is 0 Å². The molecule has 0 aliphatic rings. The van der Waals surface area contributed by atoms with E-state index in [2.05, 4.69) is 9.71 Å². The first-order valence-electron chi connectivity index (χ1n) is 5.26. The molecule has 18 heavy (non-hydrogen) atoms. The fourth-order valence-corrected chi connectivity index (χ4v) is 2.65. The second-order valence-electron chi connectivity index (χ2n) is 3.83. The van der Waals surface area contributed by atoms with Crippen molar-refractivity contribution in [2.24, 2.45) is 0 Å². The Morgan fingerprint density at radius 3 is 2.61 bits per heavy atom. The largest absolute Gasteiger partial charge is 0.327 e. The average molecular weight is 264 g/mol. The van der Waals surface area contributed by atoms with Crippen molar-refractivity contribution in [3.8, 4) is 0 Å². The lowest BCUT2D eigenvalue weighted by Gasteiger charge is -2.07. The number of H-pyrrole nitrogens is 1. The minimum absolute atomic E-state index is 0.000920. The highest BCUT2D eigenvalue weighted by Gasteiger charge is 2.15. The van der Waals surface area contributed by atoms with E-state index in [1.807, 2.05) is 0 Å². The standard InChI is InChI=1S/C12H12N2O3S/c1-9-4-2-5-10(8-9)18(16,17)14-11-6-3-7-13-12(11)15/h2-8,14H,1H3,(H,13,15). The maximum absolute atomic E-state index is 12.0. The summed E-state index contributed by atoms with van der Waals surface area (Å²) in [7, 11) is -3.73. The first kappa shape index (κ1) is 12.4. The smallest absolute Gasteiger partial charge is 0.272 e. The third-order valence-corrected chi connectivity index (χ3v) is 3.73. The van der Waals surface area contributed by atoms with Gasteiger partial charge in [0.2, 0.25) is 0 Å². The second kappa shape index (κ2) is 4.66. The number of aryl methyl sites for hydroxylation is 1. The Kier molecular flexibility index (Phi) is 3.20. The Morgan fingerprint density at radius 2 is 1.94 bits per heavy atom. The number of aromatic nitrogens is 1. The van der Waals surface area contributed by atoms with Gasteiger partial charge in [0.1, 0.15) is 5.69 Å². The SMILES string of the molecule is Cc1cccc(S(=O)(=O)Nc2ccc[nH]c2=O)c1. The summed E-state index contributed by atoms with van der Waals surface area (Å²) >= 11 is 0. The fourth-order valence-electron chi connectivity index (χ4n) is 1.49. The monoisotopic (exact) mass is 264 g/mol. The van der Waals surface area contributed by atoms with Crippen LogP contribution in [0.4, 0.5) is 5.69 Å². The van der Waals surface area contributed by atoms with Crippen LogP contribution in [0.25, 0.3) is 0 Å². The van der Waals surface area contributed by atoms with Crippen LogP contribution >= 0.6 is 0 Å². The van der Waals surface area contributed by atoms with Gasteiger partial charge in [0.25, 0.3) is 15.6 Å². The molecule has 2 N–H and O–H groups in total. The summed E-state index contributed by atoms with van der Waals surface area (Å²) in [4.78, 5) is 13.9. The van der Waals surface area contributed by atoms with Crippen molar-refractivity contribution in [1.82, 2.24) is 4.98 Å². The van der Waals surface area contributed by atoms with Gasteiger partial charge < -0.3 is 4.98 Å². The normalized spacial score (nSPS) is 11.2. The Balaban J connectivity index is 2.40. The molecule has 2 rings (SSSR count). The van der Waals surface area contributed by atoms with Crippen molar-refractivity contribution < 1.29 is 8.42 Å². The molecule has 0 atom stereocenters. The average Bonchev–Trinajstić information content (AvgIpc) is 2.32. The van der Waals surface area contributed by atoms with E-state index >= 15 is 0 Å². The molecule has 1 aromatic carbocycles. The molecule has 1 aromatic heterocycles. The van der Waals surface area contributed by atoms with Crippen LogP contribution in [0, 0.1) is 6.92 Å². The number of pyridine rings is 1. The van der Waals surface area contributed by atoms with Gasteiger partial charge in [-0.3, -0.25) is 9.52 Å². The molecule has 0 bridgehead atoms. The lowest BCUT2D eigenvalue weighted by molar-refractivity contribution is 0.601. The molecule has 0 aliphatic heterocycles. The van der Waals surface area contributed by atoms with Crippen LogP contribution in [0.2, 0.25) is 0 Å². The highest BCUT2D eigenvalue weighted by Crippen LogP contribution is 2.14. The van der Waals surface area contributed by atoms with E-state index in [1.54, 1.807) is 31.2 Å². The number of nitrogens with one attached hydrogen (secondary N) is 2. The number of benzene rings is 1. The Bertz CT molecular complexity index is 720. The van der Waals surface area contributed by atoms with Crippen molar-refractivity contribution in [2.75, 3.05) is 4.72 Å². The molecule has 94 valence electrons. The summed E-state index contributed by atoms with van der Waals surface area (Å²) in [6.45, 7) is 1.80. The molecule has 0 aliphatic carbocycles. The van der Waals surface area contributed by atoms with Gasteiger partial charge >= 0.3 is 0 Å². The predicted octanol–water partition coefficient (Wildman–Crippen LogP) is 1.48. The lowest BCUT2D eigenvalue weighted by Crippen LogP contribution is -2.19. The predicted molar refractivity (Wildman–Crippen MR) is 69.1 cm³/mol. The van der Waals surface area contributed by atoms with E-state index < -0.39 is 15.6 Å². The zero-order valence-corrected chi connectivity index (χ0v) is 10.5. The molecule has 0 saturated heterocycles. The van der Waals surface area contributed by atoms with Gasteiger partial charge in [-0.2, -0.15) is 0 Å². The van der Waals surface area contributed by atoms with Gasteiger partial charge in [0.05, 0.1) is 4.90 Å². The molecule has 0 amide bonds. The zero-order chi connectivity index (χ0) is 13.2. The van der Waals surface area contributed by atoms with Crippen molar-refractivity contribution in [1.29, 1.82) is 0 Å². The summed E-state index contributed by atoms with van der Waals surface area (Å²) in [5.74, 6) is 0. The molecular weight excluding hydrogens is 252 g/mol. The molecule has 6 heteroatoms. The Hall–Kier alpha value is -2.08. The summed E-state index contributed by atoms with van der Waals surface area (Å²) < 4.78 is 26.3. The van der Waals surface area contributed by atoms with Crippen molar-refractivity contribution in [3.63, 3.8) is 0 Å². The Labute approximate surface area is 105 Å². The van der Waals surface area contributed by atoms with Crippen LogP contribution in [-0.2, 0) is 10.0 Å². The molecule has 0 saturated carbocycles. The third kappa shape index (κ3) is 2.60. The van der Waals surface area contributed by atoms with E-state index in [1.165, 1.54) is 18.3 Å². The fraction of sp³-hybridized carbons (Fsp3) is 0.0833. The number of hydrogen-bond donors (Lipinski definition) is 2. The summed E-state index contributed by atoms with van der Waals surface area (Å²) in [6.07, 6.45) is 1.44. The van der Waals surface area contributed by atoms with Crippen LogP contribution in [0.3, 0.4) is 0 Å². The summed E-state index contributed by atoms with van der Waals surface area (Å²) in [5, 5.41) is 0. The van der Waals surface area contributed by atoms with Crippen molar-refractivity contribution >= 4 is 15.7 Å². The van der Waals surface area contributed by atoms with Gasteiger partial charge in [-0.25, -0.2) is 8.42 Å². The highest BCUT2D eigenvalue weighted by atomic mass is 32.2. The van der Waals surface area contributed by atoms with Crippen LogP contribution in [0.15, 0.2) is 52.3 Å². The number of rotatable bonds is 3. The van der Waals surface area contributed by atoms with Gasteiger partial charge in [0.15, 0.2) is 0 Å². The molecule has 2 aromatic rings. The molecule has 0 radical (unpaired) electrons. The Morgan fingerprint density at radius 1 is 1.17 bits per heavy atom. The number of sulfonamides is 1. The minimum Gasteiger partial charge on any atom is -0.327 e. The van der Waals surface area contributed by atoms with E-state index in [0.717, 1.165) is 5.56 Å². The van der Waals surface area contributed by atoms with Crippen LogP contribution in [0.1, 0.15) is 5.56 Å². The lowest BCUT2D eigenvalue weighted by atomic mass is 10.2. The number of anilines is 1. The van der Waals surface area contributed by atoms with E-state index in [4.69, 9.17) is 0 Å². The topological polar surface area (TPSA) is 79.0 Å². The van der Waals surface area contributed by atoms with Gasteiger partial charge in [-0.05, 0) is 36.8 Å². The van der Waals surface area contributed by atoms with Crippen molar-refractivity contribution in [2.45, 2.75) is 11.8 Å². The number of hydrogen-bond acceptors (Lipinski definition) is 3. The molecule has 0 unspecified atom stereocenters. The third-order valence-electron chi connectivity index (χ3n) is 2.36. The van der Waals surface area contributed by atoms with E-state index in [9.17, 15) is 13.2 Å². The maximum atomic E-state index is 12.0. The molecule has 5 nitrogen and oxygen atoms in total. The van der Waals surface area contributed by atoms with Crippen molar-refractivity contribution in [3.05, 3.63) is 58.5 Å². The highest BCUT2D eigenvalue weighted by molar-refractivity contribution is 7.92. The summed E-state index contributed by atoms with van der Waals surface area (Å²) in [5.41, 5.74) is 0.354. The second-order valence-corrected chi connectivity index (χ2v) is 5.52. The first-order valence-corrected chi connectivity index (χ1v) is 6.74.